The lowest BCUT2D eigenvalue weighted by Gasteiger charge is -2.29. The summed E-state index contributed by atoms with van der Waals surface area (Å²) >= 11 is 0. The summed E-state index contributed by atoms with van der Waals surface area (Å²) in [6.45, 7) is 0.613. The lowest BCUT2D eigenvalue weighted by Crippen LogP contribution is -2.44. The molecule has 26 heavy (non-hydrogen) atoms. The van der Waals surface area contributed by atoms with Crippen molar-refractivity contribution in [3.8, 4) is 0 Å². The fraction of sp³-hybridized carbons (Fsp3) is 0.900. The maximum Gasteiger partial charge on any atom is 0.223 e. The summed E-state index contributed by atoms with van der Waals surface area (Å²) in [4.78, 5) is 24.5. The number of hydrogen-bond acceptors (Lipinski definition) is 3. The van der Waals surface area contributed by atoms with Gasteiger partial charge in [-0.3, -0.25) is 9.59 Å². The third-order valence-electron chi connectivity index (χ3n) is 6.40. The molecule has 1 atom stereocenters. The van der Waals surface area contributed by atoms with Gasteiger partial charge < -0.3 is 16.4 Å². The van der Waals surface area contributed by atoms with Crippen LogP contribution in [0.2, 0.25) is 0 Å². The molecule has 3 aliphatic rings. The van der Waals surface area contributed by atoms with Gasteiger partial charge in [-0.05, 0) is 63.2 Å². The second kappa shape index (κ2) is 10.5. The number of hydrogen-bond donors (Lipinski definition) is 3. The van der Waals surface area contributed by atoms with Gasteiger partial charge in [-0.15, -0.1) is 12.4 Å². The third-order valence-corrected chi connectivity index (χ3v) is 6.40. The summed E-state index contributed by atoms with van der Waals surface area (Å²) in [6.07, 6.45) is 13.0. The number of carbonyl (C=O) groups excluding carboxylic acids is 2. The Morgan fingerprint density at radius 3 is 2.19 bits per heavy atom. The molecular weight excluding hydrogens is 350 g/mol. The van der Waals surface area contributed by atoms with Gasteiger partial charge in [0, 0.05) is 31.0 Å². The van der Waals surface area contributed by atoms with Gasteiger partial charge in [0.1, 0.15) is 0 Å². The summed E-state index contributed by atoms with van der Waals surface area (Å²) in [5.74, 6) is 1.68. The highest BCUT2D eigenvalue weighted by molar-refractivity contribution is 5.85. The van der Waals surface area contributed by atoms with Gasteiger partial charge >= 0.3 is 0 Å². The SMILES string of the molecule is Cl.NC(CNC(=O)C1CCC(NC(=O)CC2CCCCC2)CC1)C1CC1. The quantitative estimate of drug-likeness (QED) is 0.629. The summed E-state index contributed by atoms with van der Waals surface area (Å²) < 4.78 is 0. The van der Waals surface area contributed by atoms with E-state index in [4.69, 9.17) is 5.73 Å². The Hall–Kier alpha value is -0.810. The van der Waals surface area contributed by atoms with E-state index in [9.17, 15) is 9.59 Å². The first kappa shape index (κ1) is 21.5. The van der Waals surface area contributed by atoms with Crippen LogP contribution in [0, 0.1) is 17.8 Å². The van der Waals surface area contributed by atoms with E-state index in [2.05, 4.69) is 10.6 Å². The van der Waals surface area contributed by atoms with Crippen molar-refractivity contribution < 1.29 is 9.59 Å². The van der Waals surface area contributed by atoms with E-state index in [-0.39, 0.29) is 42.2 Å². The Kier molecular flexibility index (Phi) is 8.68. The topological polar surface area (TPSA) is 84.2 Å². The minimum atomic E-state index is 0. The highest BCUT2D eigenvalue weighted by Crippen LogP contribution is 2.31. The fourth-order valence-corrected chi connectivity index (χ4v) is 4.49. The molecule has 0 bridgehead atoms. The molecule has 3 rings (SSSR count). The molecule has 5 nitrogen and oxygen atoms in total. The van der Waals surface area contributed by atoms with E-state index >= 15 is 0 Å². The Bertz CT molecular complexity index is 456. The van der Waals surface area contributed by atoms with Crippen LogP contribution < -0.4 is 16.4 Å². The molecule has 4 N–H and O–H groups in total. The van der Waals surface area contributed by atoms with Crippen molar-refractivity contribution >= 4 is 24.2 Å². The molecular formula is C20H36ClN3O2. The van der Waals surface area contributed by atoms with E-state index in [1.165, 1.54) is 44.9 Å². The van der Waals surface area contributed by atoms with Crippen LogP contribution in [0.5, 0.6) is 0 Å². The second-order valence-corrected chi connectivity index (χ2v) is 8.57. The monoisotopic (exact) mass is 385 g/mol. The number of halogens is 1. The van der Waals surface area contributed by atoms with Crippen molar-refractivity contribution in [2.75, 3.05) is 6.54 Å². The van der Waals surface area contributed by atoms with Crippen LogP contribution in [0.1, 0.15) is 77.0 Å². The zero-order chi connectivity index (χ0) is 17.6. The zero-order valence-electron chi connectivity index (χ0n) is 15.9. The van der Waals surface area contributed by atoms with E-state index in [0.29, 0.717) is 24.8 Å². The van der Waals surface area contributed by atoms with Crippen LogP contribution in [-0.2, 0) is 9.59 Å². The van der Waals surface area contributed by atoms with Gasteiger partial charge in [-0.25, -0.2) is 0 Å². The maximum atomic E-state index is 12.3. The summed E-state index contributed by atoms with van der Waals surface area (Å²) in [5, 5.41) is 6.24. The van der Waals surface area contributed by atoms with Crippen LogP contribution in [0.15, 0.2) is 0 Å². The van der Waals surface area contributed by atoms with Gasteiger partial charge in [0.25, 0.3) is 0 Å². The molecule has 0 aromatic carbocycles. The maximum absolute atomic E-state index is 12.3. The molecule has 6 heteroatoms. The molecule has 3 aliphatic carbocycles. The fourth-order valence-electron chi connectivity index (χ4n) is 4.49. The molecule has 0 aromatic rings. The molecule has 0 saturated heterocycles. The van der Waals surface area contributed by atoms with Crippen LogP contribution in [-0.4, -0.2) is 30.4 Å². The molecule has 0 aliphatic heterocycles. The molecule has 2 amide bonds. The van der Waals surface area contributed by atoms with Crippen LogP contribution >= 0.6 is 12.4 Å². The van der Waals surface area contributed by atoms with Gasteiger partial charge in [-0.1, -0.05) is 19.3 Å². The summed E-state index contributed by atoms with van der Waals surface area (Å²) in [6, 6.07) is 0.383. The molecule has 0 spiro atoms. The first-order valence-corrected chi connectivity index (χ1v) is 10.4. The summed E-state index contributed by atoms with van der Waals surface area (Å²) in [7, 11) is 0. The average molecular weight is 386 g/mol. The molecule has 0 heterocycles. The zero-order valence-corrected chi connectivity index (χ0v) is 16.7. The van der Waals surface area contributed by atoms with Gasteiger partial charge in [-0.2, -0.15) is 0 Å². The number of rotatable bonds is 7. The standard InChI is InChI=1S/C20H35N3O2.ClH/c21-18(15-6-7-15)13-22-20(25)16-8-10-17(11-9-16)23-19(24)12-14-4-2-1-3-5-14;/h14-18H,1-13,21H2,(H,22,25)(H,23,24);1H. The van der Waals surface area contributed by atoms with Crippen LogP contribution in [0.25, 0.3) is 0 Å². The molecule has 150 valence electrons. The highest BCUT2D eigenvalue weighted by Gasteiger charge is 2.31. The predicted octanol–water partition coefficient (Wildman–Crippen LogP) is 2.91. The van der Waals surface area contributed by atoms with E-state index < -0.39 is 0 Å². The van der Waals surface area contributed by atoms with Crippen molar-refractivity contribution in [1.82, 2.24) is 10.6 Å². The van der Waals surface area contributed by atoms with Crippen molar-refractivity contribution in [3.05, 3.63) is 0 Å². The Morgan fingerprint density at radius 1 is 0.923 bits per heavy atom. The van der Waals surface area contributed by atoms with Crippen molar-refractivity contribution in [1.29, 1.82) is 0 Å². The average Bonchev–Trinajstić information content (AvgIpc) is 3.46. The second-order valence-electron chi connectivity index (χ2n) is 8.57. The van der Waals surface area contributed by atoms with Crippen molar-refractivity contribution in [3.63, 3.8) is 0 Å². The van der Waals surface area contributed by atoms with Crippen LogP contribution in [0.4, 0.5) is 0 Å². The van der Waals surface area contributed by atoms with Gasteiger partial charge in [0.05, 0.1) is 0 Å². The lowest BCUT2D eigenvalue weighted by atomic mass is 9.84. The molecule has 3 fully saturated rings. The molecule has 0 aromatic heterocycles. The van der Waals surface area contributed by atoms with Gasteiger partial charge in [0.15, 0.2) is 0 Å². The number of amides is 2. The van der Waals surface area contributed by atoms with Crippen LogP contribution in [0.3, 0.4) is 0 Å². The van der Waals surface area contributed by atoms with E-state index in [0.717, 1.165) is 25.7 Å². The summed E-state index contributed by atoms with van der Waals surface area (Å²) in [5.41, 5.74) is 6.05. The minimum Gasteiger partial charge on any atom is -0.354 e. The number of carbonyl (C=O) groups is 2. The number of nitrogens with two attached hydrogens (primary N) is 1. The highest BCUT2D eigenvalue weighted by atomic mass is 35.5. The van der Waals surface area contributed by atoms with E-state index in [1.807, 2.05) is 0 Å². The molecule has 1 unspecified atom stereocenters. The van der Waals surface area contributed by atoms with Crippen molar-refractivity contribution in [2.24, 2.45) is 23.5 Å². The largest absolute Gasteiger partial charge is 0.354 e. The Labute approximate surface area is 164 Å². The smallest absolute Gasteiger partial charge is 0.223 e. The predicted molar refractivity (Wildman–Crippen MR) is 106 cm³/mol. The first-order valence-electron chi connectivity index (χ1n) is 10.4. The first-order chi connectivity index (χ1) is 12.1. The normalized spacial score (nSPS) is 27.9. The van der Waals surface area contributed by atoms with Gasteiger partial charge in [0.2, 0.25) is 11.8 Å². The number of nitrogens with one attached hydrogen (secondary N) is 2. The molecule has 0 radical (unpaired) electrons. The third kappa shape index (κ3) is 6.73. The minimum absolute atomic E-state index is 0. The lowest BCUT2D eigenvalue weighted by molar-refractivity contribution is -0.126. The Balaban J connectivity index is 0.00000243. The van der Waals surface area contributed by atoms with Crippen molar-refractivity contribution in [2.45, 2.75) is 89.1 Å². The molecule has 3 saturated carbocycles. The van der Waals surface area contributed by atoms with E-state index in [1.54, 1.807) is 0 Å². The Morgan fingerprint density at radius 2 is 1.58 bits per heavy atom.